The van der Waals surface area contributed by atoms with E-state index in [9.17, 15) is 0 Å². The number of benzene rings is 2. The van der Waals surface area contributed by atoms with Crippen molar-refractivity contribution in [3.05, 3.63) is 48.5 Å². The molecule has 1 aliphatic rings. The Hall–Kier alpha value is -2.51. The minimum absolute atomic E-state index is 0.252. The molecule has 7 heteroatoms. The molecule has 0 saturated heterocycles. The lowest BCUT2D eigenvalue weighted by Crippen LogP contribution is -2.01. The van der Waals surface area contributed by atoms with Gasteiger partial charge >= 0.3 is 0 Å². The van der Waals surface area contributed by atoms with Crippen LogP contribution in [0, 0.1) is 0 Å². The molecule has 3 aromatic rings. The van der Waals surface area contributed by atoms with Gasteiger partial charge in [-0.1, -0.05) is 30.0 Å². The van der Waals surface area contributed by atoms with Crippen LogP contribution in [0.3, 0.4) is 0 Å². The molecule has 4 rings (SSSR count). The second-order valence-corrected chi connectivity index (χ2v) is 6.45. The van der Waals surface area contributed by atoms with E-state index in [0.29, 0.717) is 6.61 Å². The van der Waals surface area contributed by atoms with Crippen LogP contribution < -0.4 is 9.47 Å². The van der Waals surface area contributed by atoms with E-state index in [4.69, 9.17) is 14.2 Å². The first-order chi connectivity index (χ1) is 12.4. The lowest BCUT2D eigenvalue weighted by molar-refractivity contribution is 0.174. The Kier molecular flexibility index (Phi) is 4.58. The third-order valence-electron chi connectivity index (χ3n) is 3.80. The lowest BCUT2D eigenvalue weighted by atomic mass is 10.2. The molecule has 0 atom stereocenters. The van der Waals surface area contributed by atoms with Gasteiger partial charge < -0.3 is 14.2 Å². The number of rotatable bonds is 6. The molecule has 0 radical (unpaired) electrons. The van der Waals surface area contributed by atoms with Crippen LogP contribution in [0.25, 0.3) is 17.1 Å². The molecule has 6 nitrogen and oxygen atoms in total. The van der Waals surface area contributed by atoms with Crippen molar-refractivity contribution in [1.82, 2.24) is 14.8 Å². The molecular formula is C18H17N3O3S. The van der Waals surface area contributed by atoms with Crippen molar-refractivity contribution >= 4 is 11.8 Å². The smallest absolute Gasteiger partial charge is 0.231 e. The zero-order chi connectivity index (χ0) is 17.1. The molecule has 2 heterocycles. The minimum Gasteiger partial charge on any atom is -0.454 e. The standard InChI is InChI=1S/C18H17N3O3S/c1-22-9-10-25-18-20-19-17(21(18)14-5-3-2-4-6-14)13-7-8-15-16(11-13)24-12-23-15/h2-8,11H,9-10,12H2,1H3. The highest BCUT2D eigenvalue weighted by Gasteiger charge is 2.19. The molecule has 0 amide bonds. The predicted octanol–water partition coefficient (Wildman–Crippen LogP) is 3.40. The van der Waals surface area contributed by atoms with Crippen molar-refractivity contribution in [1.29, 1.82) is 0 Å². The number of methoxy groups -OCH3 is 1. The largest absolute Gasteiger partial charge is 0.454 e. The maximum absolute atomic E-state index is 5.49. The number of hydrogen-bond donors (Lipinski definition) is 0. The second-order valence-electron chi connectivity index (χ2n) is 5.39. The summed E-state index contributed by atoms with van der Waals surface area (Å²) >= 11 is 1.62. The van der Waals surface area contributed by atoms with Crippen molar-refractivity contribution in [2.75, 3.05) is 26.3 Å². The maximum Gasteiger partial charge on any atom is 0.231 e. The Morgan fingerprint density at radius 2 is 1.92 bits per heavy atom. The van der Waals surface area contributed by atoms with Gasteiger partial charge in [-0.15, -0.1) is 10.2 Å². The van der Waals surface area contributed by atoms with Gasteiger partial charge in [0.25, 0.3) is 0 Å². The number of para-hydroxylation sites is 1. The van der Waals surface area contributed by atoms with Gasteiger partial charge in [0.2, 0.25) is 6.79 Å². The Morgan fingerprint density at radius 1 is 1.08 bits per heavy atom. The monoisotopic (exact) mass is 355 g/mol. The molecule has 1 aliphatic heterocycles. The zero-order valence-corrected chi connectivity index (χ0v) is 14.5. The quantitative estimate of drug-likeness (QED) is 0.499. The summed E-state index contributed by atoms with van der Waals surface area (Å²) in [5, 5.41) is 9.63. The Morgan fingerprint density at radius 3 is 2.76 bits per heavy atom. The molecule has 0 saturated carbocycles. The van der Waals surface area contributed by atoms with Crippen LogP contribution in [0.2, 0.25) is 0 Å². The van der Waals surface area contributed by atoms with Crippen LogP contribution >= 0.6 is 11.8 Å². The van der Waals surface area contributed by atoms with Crippen LogP contribution in [0.1, 0.15) is 0 Å². The van der Waals surface area contributed by atoms with E-state index < -0.39 is 0 Å². The van der Waals surface area contributed by atoms with Crippen LogP contribution in [0.4, 0.5) is 0 Å². The molecule has 0 spiro atoms. The summed E-state index contributed by atoms with van der Waals surface area (Å²) in [6.45, 7) is 0.911. The molecule has 128 valence electrons. The van der Waals surface area contributed by atoms with E-state index in [1.165, 1.54) is 0 Å². The SMILES string of the molecule is COCCSc1nnc(-c2ccc3c(c2)OCO3)n1-c1ccccc1. The number of aromatic nitrogens is 3. The molecule has 25 heavy (non-hydrogen) atoms. The molecule has 0 N–H and O–H groups in total. The molecule has 0 bridgehead atoms. The summed E-state index contributed by atoms with van der Waals surface area (Å²) < 4.78 is 18.1. The average molecular weight is 355 g/mol. The van der Waals surface area contributed by atoms with E-state index in [1.54, 1.807) is 18.9 Å². The van der Waals surface area contributed by atoms with Gasteiger partial charge in [-0.2, -0.15) is 0 Å². The second kappa shape index (κ2) is 7.16. The highest BCUT2D eigenvalue weighted by atomic mass is 32.2. The first-order valence-corrected chi connectivity index (χ1v) is 8.88. The number of thioether (sulfide) groups is 1. The molecule has 0 unspecified atom stereocenters. The van der Waals surface area contributed by atoms with Crippen molar-refractivity contribution in [2.24, 2.45) is 0 Å². The molecule has 0 fully saturated rings. The molecule has 0 aliphatic carbocycles. The highest BCUT2D eigenvalue weighted by molar-refractivity contribution is 7.99. The Labute approximate surface area is 149 Å². The fraction of sp³-hybridized carbons (Fsp3) is 0.222. The average Bonchev–Trinajstić information content (AvgIpc) is 3.28. The van der Waals surface area contributed by atoms with Gasteiger partial charge in [0, 0.05) is 24.1 Å². The van der Waals surface area contributed by atoms with Crippen molar-refractivity contribution in [3.63, 3.8) is 0 Å². The van der Waals surface area contributed by atoms with Gasteiger partial charge in [-0.05, 0) is 30.3 Å². The van der Waals surface area contributed by atoms with Gasteiger partial charge in [-0.3, -0.25) is 4.57 Å². The first kappa shape index (κ1) is 16.0. The normalized spacial score (nSPS) is 12.5. The van der Waals surface area contributed by atoms with E-state index in [-0.39, 0.29) is 6.79 Å². The summed E-state index contributed by atoms with van der Waals surface area (Å²) in [6.07, 6.45) is 0. The summed E-state index contributed by atoms with van der Waals surface area (Å²) in [7, 11) is 1.69. The van der Waals surface area contributed by atoms with E-state index >= 15 is 0 Å². The Bertz CT molecular complexity index is 867. The number of ether oxygens (including phenoxy) is 3. The van der Waals surface area contributed by atoms with Crippen molar-refractivity contribution in [2.45, 2.75) is 5.16 Å². The molecule has 2 aromatic carbocycles. The van der Waals surface area contributed by atoms with Crippen LogP contribution in [0.5, 0.6) is 11.5 Å². The van der Waals surface area contributed by atoms with Crippen LogP contribution in [-0.2, 0) is 4.74 Å². The molecule has 1 aromatic heterocycles. The summed E-state index contributed by atoms with van der Waals surface area (Å²) in [6, 6.07) is 15.9. The number of fused-ring (bicyclic) bond motifs is 1. The molecular weight excluding hydrogens is 338 g/mol. The van der Waals surface area contributed by atoms with E-state index in [2.05, 4.69) is 14.8 Å². The first-order valence-electron chi connectivity index (χ1n) is 7.89. The van der Waals surface area contributed by atoms with Crippen molar-refractivity contribution in [3.8, 4) is 28.6 Å². The predicted molar refractivity (Wildman–Crippen MR) is 95.5 cm³/mol. The van der Waals surface area contributed by atoms with Gasteiger partial charge in [0.15, 0.2) is 22.5 Å². The fourth-order valence-corrected chi connectivity index (χ4v) is 3.46. The topological polar surface area (TPSA) is 58.4 Å². The van der Waals surface area contributed by atoms with Gasteiger partial charge in [-0.25, -0.2) is 0 Å². The van der Waals surface area contributed by atoms with E-state index in [0.717, 1.165) is 39.5 Å². The third kappa shape index (κ3) is 3.20. The minimum atomic E-state index is 0.252. The third-order valence-corrected chi connectivity index (χ3v) is 4.69. The van der Waals surface area contributed by atoms with Gasteiger partial charge in [0.1, 0.15) is 0 Å². The van der Waals surface area contributed by atoms with Gasteiger partial charge in [0.05, 0.1) is 6.61 Å². The fourth-order valence-electron chi connectivity index (χ4n) is 2.61. The number of nitrogens with zero attached hydrogens (tertiary/aromatic N) is 3. The van der Waals surface area contributed by atoms with Crippen molar-refractivity contribution < 1.29 is 14.2 Å². The van der Waals surface area contributed by atoms with Crippen LogP contribution in [-0.4, -0.2) is 41.0 Å². The highest BCUT2D eigenvalue weighted by Crippen LogP contribution is 2.36. The van der Waals surface area contributed by atoms with Crippen LogP contribution in [0.15, 0.2) is 53.7 Å². The number of hydrogen-bond acceptors (Lipinski definition) is 6. The Balaban J connectivity index is 1.77. The summed E-state index contributed by atoms with van der Waals surface area (Å²) in [4.78, 5) is 0. The lowest BCUT2D eigenvalue weighted by Gasteiger charge is -2.10. The summed E-state index contributed by atoms with van der Waals surface area (Å²) in [5.41, 5.74) is 1.94. The zero-order valence-electron chi connectivity index (χ0n) is 13.7. The van der Waals surface area contributed by atoms with E-state index in [1.807, 2.05) is 48.5 Å². The maximum atomic E-state index is 5.49. The summed E-state index contributed by atoms with van der Waals surface area (Å²) in [5.74, 6) is 3.06.